The van der Waals surface area contributed by atoms with Crippen LogP contribution in [0.25, 0.3) is 0 Å². The van der Waals surface area contributed by atoms with Crippen LogP contribution in [0.4, 0.5) is 0 Å². The molecule has 9 heteroatoms. The molecule has 0 saturated carbocycles. The van der Waals surface area contributed by atoms with E-state index >= 15 is 0 Å². The van der Waals surface area contributed by atoms with E-state index in [4.69, 9.17) is 5.11 Å². The van der Waals surface area contributed by atoms with Gasteiger partial charge in [0, 0.05) is 32.8 Å². The molecule has 0 aromatic heterocycles. The van der Waals surface area contributed by atoms with E-state index in [0.29, 0.717) is 25.0 Å². The number of guanidine groups is 1. The molecule has 0 aliphatic rings. The fourth-order valence-electron chi connectivity index (χ4n) is 2.64. The summed E-state index contributed by atoms with van der Waals surface area (Å²) in [7, 11) is -3.37. The van der Waals surface area contributed by atoms with E-state index in [2.05, 4.69) is 27.3 Å². The van der Waals surface area contributed by atoms with Gasteiger partial charge in [-0.1, -0.05) is 43.7 Å². The van der Waals surface area contributed by atoms with E-state index in [1.54, 1.807) is 0 Å². The average Bonchev–Trinajstić information content (AvgIpc) is 2.65. The maximum atomic E-state index is 12.1. The highest BCUT2D eigenvalue weighted by atomic mass is 127. The van der Waals surface area contributed by atoms with Crippen molar-refractivity contribution in [3.8, 4) is 0 Å². The van der Waals surface area contributed by atoms with E-state index in [1.165, 1.54) is 0 Å². The highest BCUT2D eigenvalue weighted by Gasteiger charge is 2.11. The van der Waals surface area contributed by atoms with Crippen LogP contribution in [0.3, 0.4) is 0 Å². The lowest BCUT2D eigenvalue weighted by molar-refractivity contribution is 0.253. The van der Waals surface area contributed by atoms with Gasteiger partial charge in [-0.05, 0) is 31.2 Å². The van der Waals surface area contributed by atoms with E-state index in [-0.39, 0.29) is 49.4 Å². The van der Waals surface area contributed by atoms with Gasteiger partial charge in [-0.15, -0.1) is 24.0 Å². The van der Waals surface area contributed by atoms with Gasteiger partial charge >= 0.3 is 0 Å². The number of hydrogen-bond donors (Lipinski definition) is 4. The number of nitrogens with zero attached hydrogens (tertiary/aromatic N) is 1. The largest absolute Gasteiger partial charge is 0.396 e. The summed E-state index contributed by atoms with van der Waals surface area (Å²) in [6.07, 6.45) is 2.80. The normalized spacial score (nSPS) is 12.9. The van der Waals surface area contributed by atoms with Crippen molar-refractivity contribution in [1.82, 2.24) is 15.4 Å². The lowest BCUT2D eigenvalue weighted by Gasteiger charge is -2.15. The monoisotopic (exact) mass is 526 g/mol. The number of aliphatic imine (C=N–C) groups is 1. The third-order valence-electron chi connectivity index (χ3n) is 4.09. The van der Waals surface area contributed by atoms with Crippen molar-refractivity contribution < 1.29 is 13.5 Å². The van der Waals surface area contributed by atoms with Crippen LogP contribution in [-0.2, 0) is 16.6 Å². The standard InChI is InChI=1S/C19H34N4O3S.HI/c1-3-8-17(11-13-24)15-22-19(20-4-2)21-12-14-27(25,26)23-16-18-9-6-5-7-10-18;/h5-7,9-10,17,23-24H,3-4,8,11-16H2,1-2H3,(H2,20,21,22);1H. The molecule has 0 spiro atoms. The van der Waals surface area contributed by atoms with Crippen LogP contribution in [-0.4, -0.2) is 51.5 Å². The molecule has 1 aromatic rings. The molecule has 28 heavy (non-hydrogen) atoms. The Morgan fingerprint density at radius 1 is 1.14 bits per heavy atom. The fourth-order valence-corrected chi connectivity index (χ4v) is 3.55. The Kier molecular flexibility index (Phi) is 15.4. The second-order valence-corrected chi connectivity index (χ2v) is 8.37. The topological polar surface area (TPSA) is 103 Å². The second kappa shape index (κ2) is 15.9. The Labute approximate surface area is 186 Å². The van der Waals surface area contributed by atoms with E-state index in [0.717, 1.165) is 24.8 Å². The Hall–Kier alpha value is -0.910. The summed E-state index contributed by atoms with van der Waals surface area (Å²) in [4.78, 5) is 4.53. The predicted molar refractivity (Wildman–Crippen MR) is 127 cm³/mol. The number of nitrogens with one attached hydrogen (secondary N) is 3. The molecule has 1 unspecified atom stereocenters. The van der Waals surface area contributed by atoms with Gasteiger partial charge in [0.05, 0.1) is 5.75 Å². The van der Waals surface area contributed by atoms with Crippen LogP contribution in [0.5, 0.6) is 0 Å². The second-order valence-electron chi connectivity index (χ2n) is 6.44. The predicted octanol–water partition coefficient (Wildman–Crippen LogP) is 2.08. The van der Waals surface area contributed by atoms with Crippen molar-refractivity contribution >= 4 is 40.0 Å². The third-order valence-corrected chi connectivity index (χ3v) is 5.41. The van der Waals surface area contributed by atoms with Crippen LogP contribution >= 0.6 is 24.0 Å². The summed E-state index contributed by atoms with van der Waals surface area (Å²) >= 11 is 0. The van der Waals surface area contributed by atoms with Crippen molar-refractivity contribution in [2.24, 2.45) is 10.9 Å². The molecular formula is C19H35IN4O3S. The van der Waals surface area contributed by atoms with Gasteiger partial charge in [-0.2, -0.15) is 0 Å². The molecule has 4 N–H and O–H groups in total. The van der Waals surface area contributed by atoms with Gasteiger partial charge in [0.15, 0.2) is 5.96 Å². The maximum absolute atomic E-state index is 12.1. The Bertz CT molecular complexity index is 636. The number of rotatable bonds is 13. The highest BCUT2D eigenvalue weighted by Crippen LogP contribution is 2.10. The first-order valence-corrected chi connectivity index (χ1v) is 11.3. The van der Waals surface area contributed by atoms with Crippen LogP contribution in [0, 0.1) is 5.92 Å². The Morgan fingerprint density at radius 3 is 2.46 bits per heavy atom. The third kappa shape index (κ3) is 12.5. The van der Waals surface area contributed by atoms with Crippen molar-refractivity contribution in [3.63, 3.8) is 0 Å². The Balaban J connectivity index is 0.00000729. The minimum Gasteiger partial charge on any atom is -0.396 e. The summed E-state index contributed by atoms with van der Waals surface area (Å²) in [5, 5.41) is 15.3. The summed E-state index contributed by atoms with van der Waals surface area (Å²) in [5.74, 6) is 0.917. The molecule has 0 aliphatic heterocycles. The van der Waals surface area contributed by atoms with Gasteiger partial charge in [-0.3, -0.25) is 4.99 Å². The quantitative estimate of drug-likeness (QED) is 0.179. The molecule has 0 heterocycles. The lowest BCUT2D eigenvalue weighted by Crippen LogP contribution is -2.41. The molecule has 7 nitrogen and oxygen atoms in total. The first kappa shape index (κ1) is 27.1. The van der Waals surface area contributed by atoms with Gasteiger partial charge in [0.2, 0.25) is 10.0 Å². The molecule has 0 radical (unpaired) electrons. The van der Waals surface area contributed by atoms with E-state index in [1.807, 2.05) is 37.3 Å². The van der Waals surface area contributed by atoms with Gasteiger partial charge in [0.1, 0.15) is 0 Å². The fraction of sp³-hybridized carbons (Fsp3) is 0.632. The number of hydrogen-bond acceptors (Lipinski definition) is 4. The zero-order chi connectivity index (χ0) is 20.0. The van der Waals surface area contributed by atoms with E-state index < -0.39 is 10.0 Å². The van der Waals surface area contributed by atoms with Crippen molar-refractivity contribution in [1.29, 1.82) is 0 Å². The Morgan fingerprint density at radius 2 is 1.86 bits per heavy atom. The van der Waals surface area contributed by atoms with Crippen LogP contribution in [0.15, 0.2) is 35.3 Å². The molecule has 1 atom stereocenters. The molecule has 0 amide bonds. The number of aliphatic hydroxyl groups is 1. The van der Waals surface area contributed by atoms with Gasteiger partial charge in [0.25, 0.3) is 0 Å². The first-order chi connectivity index (χ1) is 13.0. The molecule has 1 aromatic carbocycles. The van der Waals surface area contributed by atoms with Gasteiger partial charge in [-0.25, -0.2) is 13.1 Å². The molecule has 162 valence electrons. The van der Waals surface area contributed by atoms with Crippen LogP contribution < -0.4 is 15.4 Å². The number of benzene rings is 1. The lowest BCUT2D eigenvalue weighted by atomic mass is 10.0. The van der Waals surface area contributed by atoms with E-state index in [9.17, 15) is 8.42 Å². The summed E-state index contributed by atoms with van der Waals surface area (Å²) < 4.78 is 26.9. The van der Waals surface area contributed by atoms with Crippen molar-refractivity contribution in [2.45, 2.75) is 39.7 Å². The molecule has 1 rings (SSSR count). The molecule has 0 aliphatic carbocycles. The molecule has 0 fully saturated rings. The van der Waals surface area contributed by atoms with Crippen molar-refractivity contribution in [3.05, 3.63) is 35.9 Å². The summed E-state index contributed by atoms with van der Waals surface area (Å²) in [5.41, 5.74) is 0.926. The zero-order valence-corrected chi connectivity index (χ0v) is 20.0. The minimum atomic E-state index is -3.37. The minimum absolute atomic E-state index is 0. The van der Waals surface area contributed by atoms with Crippen molar-refractivity contribution in [2.75, 3.05) is 32.0 Å². The average molecular weight is 526 g/mol. The maximum Gasteiger partial charge on any atom is 0.213 e. The van der Waals surface area contributed by atoms with Gasteiger partial charge < -0.3 is 15.7 Å². The zero-order valence-electron chi connectivity index (χ0n) is 16.9. The SMILES string of the molecule is CCCC(CCO)CN=C(NCC)NCCS(=O)(=O)NCc1ccccc1.I. The number of halogens is 1. The first-order valence-electron chi connectivity index (χ1n) is 9.65. The highest BCUT2D eigenvalue weighted by molar-refractivity contribution is 14.0. The van der Waals surface area contributed by atoms with Crippen LogP contribution in [0.2, 0.25) is 0 Å². The number of sulfonamides is 1. The summed E-state index contributed by atoms with van der Waals surface area (Å²) in [6, 6.07) is 9.43. The number of aliphatic hydroxyl groups excluding tert-OH is 1. The molecule has 0 bridgehead atoms. The molecule has 0 saturated heterocycles. The van der Waals surface area contributed by atoms with Crippen LogP contribution in [0.1, 0.15) is 38.7 Å². The molecular weight excluding hydrogens is 491 g/mol. The summed E-state index contributed by atoms with van der Waals surface area (Å²) in [6.45, 7) is 6.12. The smallest absolute Gasteiger partial charge is 0.213 e.